The fourth-order valence-corrected chi connectivity index (χ4v) is 1.38. The van der Waals surface area contributed by atoms with Crippen LogP contribution in [0.25, 0.3) is 0 Å². The van der Waals surface area contributed by atoms with Crippen molar-refractivity contribution in [3.63, 3.8) is 0 Å². The summed E-state index contributed by atoms with van der Waals surface area (Å²) in [6, 6.07) is -0.138. The van der Waals surface area contributed by atoms with E-state index >= 15 is 0 Å². The summed E-state index contributed by atoms with van der Waals surface area (Å²) in [6.45, 7) is 2.69. The third-order valence-electron chi connectivity index (χ3n) is 2.18. The highest BCUT2D eigenvalue weighted by molar-refractivity contribution is 4.90. The van der Waals surface area contributed by atoms with E-state index in [1.54, 1.807) is 6.92 Å². The van der Waals surface area contributed by atoms with Crippen molar-refractivity contribution in [1.29, 1.82) is 0 Å². The Hall–Kier alpha value is -0.120. The molecule has 1 fully saturated rings. The van der Waals surface area contributed by atoms with Gasteiger partial charge in [-0.05, 0) is 26.3 Å². The van der Waals surface area contributed by atoms with Crippen LogP contribution in [0.4, 0.5) is 0 Å². The number of nitrogens with one attached hydrogen (secondary N) is 1. The molecule has 1 rings (SSSR count). The molecule has 3 nitrogen and oxygen atoms in total. The number of aliphatic hydroxyl groups is 2. The standard InChI is InChI=1S/C7H15NO2/c1-7(10)3-2-4-8-6(7)5-9/h6,8-10H,2-5H2,1H3/t6-,7+/m0/s1. The minimum atomic E-state index is -0.715. The highest BCUT2D eigenvalue weighted by Gasteiger charge is 2.33. The van der Waals surface area contributed by atoms with Gasteiger partial charge in [0, 0.05) is 0 Å². The molecule has 0 spiro atoms. The Bertz CT molecular complexity index is 114. The average molecular weight is 145 g/mol. The third kappa shape index (κ3) is 1.48. The maximum absolute atomic E-state index is 9.61. The minimum Gasteiger partial charge on any atom is -0.395 e. The van der Waals surface area contributed by atoms with Gasteiger partial charge in [0.05, 0.1) is 18.2 Å². The molecule has 1 aliphatic rings. The molecule has 10 heavy (non-hydrogen) atoms. The van der Waals surface area contributed by atoms with Gasteiger partial charge in [0.2, 0.25) is 0 Å². The summed E-state index contributed by atoms with van der Waals surface area (Å²) >= 11 is 0. The molecule has 0 aromatic carbocycles. The molecule has 0 aromatic heterocycles. The molecule has 0 bridgehead atoms. The molecule has 1 saturated heterocycles. The minimum absolute atomic E-state index is 0.0208. The number of rotatable bonds is 1. The van der Waals surface area contributed by atoms with Crippen molar-refractivity contribution in [2.24, 2.45) is 0 Å². The number of hydrogen-bond acceptors (Lipinski definition) is 3. The molecule has 0 radical (unpaired) electrons. The van der Waals surface area contributed by atoms with Crippen LogP contribution in [0.3, 0.4) is 0 Å². The van der Waals surface area contributed by atoms with Crippen molar-refractivity contribution >= 4 is 0 Å². The molecule has 2 atom stereocenters. The Labute approximate surface area is 61.1 Å². The van der Waals surface area contributed by atoms with Crippen LogP contribution in [0.1, 0.15) is 19.8 Å². The Morgan fingerprint density at radius 3 is 2.80 bits per heavy atom. The molecule has 0 unspecified atom stereocenters. The van der Waals surface area contributed by atoms with E-state index in [4.69, 9.17) is 5.11 Å². The van der Waals surface area contributed by atoms with E-state index < -0.39 is 5.60 Å². The van der Waals surface area contributed by atoms with Crippen LogP contribution in [0.5, 0.6) is 0 Å². The molecule has 0 aliphatic carbocycles. The van der Waals surface area contributed by atoms with Crippen LogP contribution in [-0.2, 0) is 0 Å². The van der Waals surface area contributed by atoms with Crippen LogP contribution in [-0.4, -0.2) is 35.0 Å². The normalized spacial score (nSPS) is 41.7. The van der Waals surface area contributed by atoms with Gasteiger partial charge in [-0.2, -0.15) is 0 Å². The first-order chi connectivity index (χ1) is 4.67. The van der Waals surface area contributed by atoms with Gasteiger partial charge in [0.25, 0.3) is 0 Å². The zero-order chi connectivity index (χ0) is 7.61. The molecule has 1 aliphatic heterocycles. The predicted octanol–water partition coefficient (Wildman–Crippen LogP) is -0.518. The maximum Gasteiger partial charge on any atom is 0.0794 e. The van der Waals surface area contributed by atoms with Crippen molar-refractivity contribution in [2.75, 3.05) is 13.2 Å². The van der Waals surface area contributed by atoms with E-state index in [0.717, 1.165) is 19.4 Å². The zero-order valence-corrected chi connectivity index (χ0v) is 6.30. The summed E-state index contributed by atoms with van der Waals surface area (Å²) in [5, 5.41) is 21.5. The number of aliphatic hydroxyl groups excluding tert-OH is 1. The molecule has 3 heteroatoms. The lowest BCUT2D eigenvalue weighted by atomic mass is 9.88. The molecule has 0 saturated carbocycles. The van der Waals surface area contributed by atoms with E-state index in [0.29, 0.717) is 0 Å². The van der Waals surface area contributed by atoms with E-state index in [1.165, 1.54) is 0 Å². The fraction of sp³-hybridized carbons (Fsp3) is 1.00. The first kappa shape index (κ1) is 7.98. The first-order valence-electron chi connectivity index (χ1n) is 3.73. The third-order valence-corrected chi connectivity index (χ3v) is 2.18. The van der Waals surface area contributed by atoms with Crippen LogP contribution in [0.15, 0.2) is 0 Å². The van der Waals surface area contributed by atoms with Crippen molar-refractivity contribution in [1.82, 2.24) is 5.32 Å². The van der Waals surface area contributed by atoms with Crippen molar-refractivity contribution in [3.8, 4) is 0 Å². The van der Waals surface area contributed by atoms with Crippen molar-refractivity contribution in [2.45, 2.75) is 31.4 Å². The molecule has 0 aromatic rings. The number of hydrogen-bond donors (Lipinski definition) is 3. The summed E-state index contributed by atoms with van der Waals surface area (Å²) in [7, 11) is 0. The summed E-state index contributed by atoms with van der Waals surface area (Å²) in [4.78, 5) is 0. The van der Waals surface area contributed by atoms with Gasteiger partial charge >= 0.3 is 0 Å². The Morgan fingerprint density at radius 1 is 1.70 bits per heavy atom. The summed E-state index contributed by atoms with van der Waals surface area (Å²) in [5.74, 6) is 0. The molecule has 1 heterocycles. The highest BCUT2D eigenvalue weighted by Crippen LogP contribution is 2.20. The number of piperidine rings is 1. The summed E-state index contributed by atoms with van der Waals surface area (Å²) < 4.78 is 0. The van der Waals surface area contributed by atoms with E-state index in [1.807, 2.05) is 0 Å². The summed E-state index contributed by atoms with van der Waals surface area (Å²) in [6.07, 6.45) is 1.77. The lowest BCUT2D eigenvalue weighted by molar-refractivity contribution is -0.0246. The smallest absolute Gasteiger partial charge is 0.0794 e. The van der Waals surface area contributed by atoms with Crippen LogP contribution in [0, 0.1) is 0 Å². The Balaban J connectivity index is 2.51. The van der Waals surface area contributed by atoms with E-state index in [-0.39, 0.29) is 12.6 Å². The molecule has 0 amide bonds. The van der Waals surface area contributed by atoms with Gasteiger partial charge in [-0.25, -0.2) is 0 Å². The van der Waals surface area contributed by atoms with Gasteiger partial charge in [0.15, 0.2) is 0 Å². The largest absolute Gasteiger partial charge is 0.395 e. The van der Waals surface area contributed by atoms with Crippen LogP contribution < -0.4 is 5.32 Å². The maximum atomic E-state index is 9.61. The topological polar surface area (TPSA) is 52.5 Å². The monoisotopic (exact) mass is 145 g/mol. The van der Waals surface area contributed by atoms with Crippen molar-refractivity contribution in [3.05, 3.63) is 0 Å². The van der Waals surface area contributed by atoms with Gasteiger partial charge in [-0.3, -0.25) is 0 Å². The Morgan fingerprint density at radius 2 is 2.40 bits per heavy atom. The van der Waals surface area contributed by atoms with E-state index in [9.17, 15) is 5.11 Å². The predicted molar refractivity (Wildman–Crippen MR) is 38.7 cm³/mol. The van der Waals surface area contributed by atoms with Gasteiger partial charge in [-0.15, -0.1) is 0 Å². The summed E-state index contributed by atoms with van der Waals surface area (Å²) in [5.41, 5.74) is -0.715. The average Bonchev–Trinajstić information content (AvgIpc) is 1.87. The second-order valence-electron chi connectivity index (χ2n) is 3.15. The van der Waals surface area contributed by atoms with Gasteiger partial charge in [0.1, 0.15) is 0 Å². The molecular weight excluding hydrogens is 130 g/mol. The zero-order valence-electron chi connectivity index (χ0n) is 6.30. The lowest BCUT2D eigenvalue weighted by Crippen LogP contribution is -2.54. The Kier molecular flexibility index (Phi) is 2.28. The molecule has 60 valence electrons. The van der Waals surface area contributed by atoms with Gasteiger partial charge in [-0.1, -0.05) is 0 Å². The lowest BCUT2D eigenvalue weighted by Gasteiger charge is -2.36. The van der Waals surface area contributed by atoms with Crippen molar-refractivity contribution < 1.29 is 10.2 Å². The van der Waals surface area contributed by atoms with Crippen LogP contribution in [0.2, 0.25) is 0 Å². The van der Waals surface area contributed by atoms with Crippen LogP contribution >= 0.6 is 0 Å². The second kappa shape index (κ2) is 2.86. The molecular formula is C7H15NO2. The first-order valence-corrected chi connectivity index (χ1v) is 3.73. The highest BCUT2D eigenvalue weighted by atomic mass is 16.3. The fourth-order valence-electron chi connectivity index (χ4n) is 1.38. The quantitative estimate of drug-likeness (QED) is 0.465. The molecule has 3 N–H and O–H groups in total. The van der Waals surface area contributed by atoms with E-state index in [2.05, 4.69) is 5.32 Å². The van der Waals surface area contributed by atoms with Gasteiger partial charge < -0.3 is 15.5 Å². The SMILES string of the molecule is C[C@@]1(O)CCCN[C@H]1CO. The second-order valence-corrected chi connectivity index (χ2v) is 3.15.